The third-order valence-corrected chi connectivity index (χ3v) is 5.02. The number of hydrogen-bond acceptors (Lipinski definition) is 8. The van der Waals surface area contributed by atoms with E-state index in [1.807, 2.05) is 43.3 Å². The van der Waals surface area contributed by atoms with Gasteiger partial charge in [0.1, 0.15) is 10.8 Å². The fraction of sp³-hybridized carbons (Fsp3) is 0.316. The molecule has 0 spiro atoms. The molecule has 140 valence electrons. The first-order valence-electron chi connectivity index (χ1n) is 8.77. The number of nitrogens with one attached hydrogen (secondary N) is 1. The molecule has 27 heavy (non-hydrogen) atoms. The molecule has 0 saturated carbocycles. The average molecular weight is 384 g/mol. The van der Waals surface area contributed by atoms with Gasteiger partial charge in [-0.1, -0.05) is 35.1 Å². The number of anilines is 2. The summed E-state index contributed by atoms with van der Waals surface area (Å²) in [5.74, 6) is 1.89. The minimum atomic E-state index is -0.214. The van der Waals surface area contributed by atoms with Gasteiger partial charge in [-0.2, -0.15) is 0 Å². The Hall–Kier alpha value is -2.42. The second-order valence-corrected chi connectivity index (χ2v) is 7.02. The largest absolute Gasteiger partial charge is 0.360 e. The Morgan fingerprint density at radius 2 is 1.96 bits per heavy atom. The van der Waals surface area contributed by atoms with E-state index in [0.29, 0.717) is 17.5 Å². The van der Waals surface area contributed by atoms with Crippen molar-refractivity contribution >= 4 is 23.4 Å². The van der Waals surface area contributed by atoms with Gasteiger partial charge in [0.2, 0.25) is 5.95 Å². The molecule has 0 radical (unpaired) electrons. The summed E-state index contributed by atoms with van der Waals surface area (Å²) in [4.78, 5) is 8.93. The van der Waals surface area contributed by atoms with Crippen molar-refractivity contribution in [3.05, 3.63) is 48.4 Å². The van der Waals surface area contributed by atoms with E-state index < -0.39 is 0 Å². The molecule has 0 amide bonds. The van der Waals surface area contributed by atoms with Crippen LogP contribution in [0.1, 0.15) is 12.2 Å². The maximum atomic E-state index is 5.60. The van der Waals surface area contributed by atoms with Crippen LogP contribution in [0.3, 0.4) is 0 Å². The molecule has 0 aliphatic carbocycles. The minimum absolute atomic E-state index is 0.214. The normalized spacial score (nSPS) is 15.0. The number of rotatable bonds is 6. The van der Waals surface area contributed by atoms with Crippen LogP contribution < -0.4 is 5.32 Å². The topological polar surface area (TPSA) is 82.3 Å². The van der Waals surface area contributed by atoms with Gasteiger partial charge in [-0.3, -0.25) is 0 Å². The van der Waals surface area contributed by atoms with Gasteiger partial charge in [0.25, 0.3) is 0 Å². The van der Waals surface area contributed by atoms with Gasteiger partial charge in [0, 0.05) is 11.9 Å². The molecule has 1 aliphatic rings. The van der Waals surface area contributed by atoms with E-state index in [1.54, 1.807) is 18.0 Å². The van der Waals surface area contributed by atoms with Gasteiger partial charge in [0.15, 0.2) is 6.29 Å². The van der Waals surface area contributed by atoms with Crippen LogP contribution >= 0.6 is 11.8 Å². The maximum absolute atomic E-state index is 5.60. The molecule has 1 aliphatic heterocycles. The van der Waals surface area contributed by atoms with Crippen LogP contribution in [0, 0.1) is 6.92 Å². The third kappa shape index (κ3) is 4.47. The summed E-state index contributed by atoms with van der Waals surface area (Å²) in [6.07, 6.45) is 2.45. The average Bonchev–Trinajstić information content (AvgIpc) is 3.09. The zero-order valence-electron chi connectivity index (χ0n) is 14.9. The third-order valence-electron chi connectivity index (χ3n) is 4.03. The molecule has 1 fully saturated rings. The van der Waals surface area contributed by atoms with Crippen LogP contribution in [0.2, 0.25) is 0 Å². The molecule has 4 rings (SSSR count). The van der Waals surface area contributed by atoms with E-state index in [2.05, 4.69) is 20.4 Å². The highest BCUT2D eigenvalue weighted by atomic mass is 32.2. The van der Waals surface area contributed by atoms with E-state index in [9.17, 15) is 0 Å². The summed E-state index contributed by atoms with van der Waals surface area (Å²) in [5.41, 5.74) is 2.56. The summed E-state index contributed by atoms with van der Waals surface area (Å²) >= 11 is 1.54. The minimum Gasteiger partial charge on any atom is -0.360 e. The van der Waals surface area contributed by atoms with E-state index in [1.165, 1.54) is 0 Å². The van der Waals surface area contributed by atoms with Crippen molar-refractivity contribution in [2.75, 3.05) is 24.3 Å². The Labute approximate surface area is 161 Å². The predicted octanol–water partition coefficient (Wildman–Crippen LogP) is 4.04. The fourth-order valence-electron chi connectivity index (χ4n) is 2.73. The molecule has 3 heterocycles. The Bertz CT molecular complexity index is 882. The molecule has 8 heteroatoms. The highest BCUT2D eigenvalue weighted by molar-refractivity contribution is 7.99. The summed E-state index contributed by atoms with van der Waals surface area (Å²) in [7, 11) is 0. The maximum Gasteiger partial charge on any atom is 0.227 e. The lowest BCUT2D eigenvalue weighted by atomic mass is 10.2. The number of benzene rings is 1. The van der Waals surface area contributed by atoms with E-state index in [4.69, 9.17) is 14.0 Å². The number of hydrogen-bond donors (Lipinski definition) is 1. The smallest absolute Gasteiger partial charge is 0.227 e. The van der Waals surface area contributed by atoms with Crippen LogP contribution in [0.15, 0.2) is 52.1 Å². The molecular formula is C19H20N4O3S. The van der Waals surface area contributed by atoms with Crippen molar-refractivity contribution in [1.29, 1.82) is 0 Å². The summed E-state index contributed by atoms with van der Waals surface area (Å²) in [6, 6.07) is 11.7. The zero-order chi connectivity index (χ0) is 18.5. The van der Waals surface area contributed by atoms with Crippen molar-refractivity contribution in [1.82, 2.24) is 15.1 Å². The number of thioether (sulfide) groups is 1. The number of ether oxygens (including phenoxy) is 2. The number of para-hydroxylation sites is 1. The molecule has 1 N–H and O–H groups in total. The molecule has 0 unspecified atom stereocenters. The number of nitrogens with zero attached hydrogens (tertiary/aromatic N) is 3. The SMILES string of the molecule is Cc1onc(SCC2OCCCO2)c1-c1ccnc(Nc2ccccc2)n1. The summed E-state index contributed by atoms with van der Waals surface area (Å²) in [6.45, 7) is 3.35. The Morgan fingerprint density at radius 1 is 1.15 bits per heavy atom. The van der Waals surface area contributed by atoms with Gasteiger partial charge >= 0.3 is 0 Å². The van der Waals surface area contributed by atoms with Crippen molar-refractivity contribution < 1.29 is 14.0 Å². The molecule has 0 bridgehead atoms. The summed E-state index contributed by atoms with van der Waals surface area (Å²) in [5, 5.41) is 8.17. The van der Waals surface area contributed by atoms with E-state index in [-0.39, 0.29) is 6.29 Å². The quantitative estimate of drug-likeness (QED) is 0.638. The predicted molar refractivity (Wildman–Crippen MR) is 103 cm³/mol. The van der Waals surface area contributed by atoms with Crippen molar-refractivity contribution in [3.63, 3.8) is 0 Å². The van der Waals surface area contributed by atoms with Gasteiger partial charge in [-0.15, -0.1) is 0 Å². The first kappa shape index (κ1) is 18.0. The second kappa shape index (κ2) is 8.51. The lowest BCUT2D eigenvalue weighted by Crippen LogP contribution is -2.26. The zero-order valence-corrected chi connectivity index (χ0v) is 15.7. The highest BCUT2D eigenvalue weighted by Gasteiger charge is 2.21. The molecule has 1 saturated heterocycles. The van der Waals surface area contributed by atoms with Crippen LogP contribution in [-0.4, -0.2) is 40.4 Å². The first-order chi connectivity index (χ1) is 13.3. The lowest BCUT2D eigenvalue weighted by Gasteiger charge is -2.22. The molecule has 2 aromatic heterocycles. The van der Waals surface area contributed by atoms with Crippen LogP contribution in [0.5, 0.6) is 0 Å². The summed E-state index contributed by atoms with van der Waals surface area (Å²) < 4.78 is 16.6. The molecule has 1 aromatic carbocycles. The second-order valence-electron chi connectivity index (χ2n) is 6.01. The highest BCUT2D eigenvalue weighted by Crippen LogP contribution is 2.34. The number of aromatic nitrogens is 3. The van der Waals surface area contributed by atoms with Gasteiger partial charge in [-0.05, 0) is 31.5 Å². The molecule has 0 atom stereocenters. The lowest BCUT2D eigenvalue weighted by molar-refractivity contribution is -0.164. The number of aryl methyl sites for hydroxylation is 1. The monoisotopic (exact) mass is 384 g/mol. The molecule has 3 aromatic rings. The first-order valence-corrected chi connectivity index (χ1v) is 9.76. The standard InChI is InChI=1S/C19H20N4O3S/c1-13-17(18(23-26-13)27-12-16-24-10-5-11-25-16)15-8-9-20-19(22-15)21-14-6-3-2-4-7-14/h2-4,6-9,16H,5,10-12H2,1H3,(H,20,21,22). The Kier molecular flexibility index (Phi) is 5.66. The fourth-order valence-corrected chi connectivity index (χ4v) is 3.70. The van der Waals surface area contributed by atoms with E-state index >= 15 is 0 Å². The van der Waals surface area contributed by atoms with Gasteiger partial charge < -0.3 is 19.3 Å². The van der Waals surface area contributed by atoms with Crippen LogP contribution in [0.25, 0.3) is 11.3 Å². The van der Waals surface area contributed by atoms with Gasteiger partial charge in [-0.25, -0.2) is 9.97 Å². The van der Waals surface area contributed by atoms with Crippen molar-refractivity contribution in [2.45, 2.75) is 24.7 Å². The van der Waals surface area contributed by atoms with Crippen molar-refractivity contribution in [3.8, 4) is 11.3 Å². The van der Waals surface area contributed by atoms with Crippen LogP contribution in [-0.2, 0) is 9.47 Å². The van der Waals surface area contributed by atoms with Gasteiger partial charge in [0.05, 0.1) is 30.2 Å². The van der Waals surface area contributed by atoms with Crippen LogP contribution in [0.4, 0.5) is 11.6 Å². The van der Waals surface area contributed by atoms with E-state index in [0.717, 1.165) is 41.6 Å². The molecule has 7 nitrogen and oxygen atoms in total. The molecular weight excluding hydrogens is 364 g/mol. The van der Waals surface area contributed by atoms with Crippen molar-refractivity contribution in [2.24, 2.45) is 0 Å². The Morgan fingerprint density at radius 3 is 2.78 bits per heavy atom. The Balaban J connectivity index is 1.52.